The first-order valence-corrected chi connectivity index (χ1v) is 11.3. The molecule has 0 unspecified atom stereocenters. The highest BCUT2D eigenvalue weighted by Gasteiger charge is 2.19. The summed E-state index contributed by atoms with van der Waals surface area (Å²) in [5, 5.41) is 6.05. The van der Waals surface area contributed by atoms with Crippen LogP contribution < -0.4 is 24.8 Å². The maximum atomic E-state index is 13.2. The molecule has 2 N–H and O–H groups in total. The number of aliphatic imine (C=N–C) groups is 1. The molecular weight excluding hydrogens is 432 g/mol. The number of guanidine groups is 1. The van der Waals surface area contributed by atoms with Crippen LogP contribution in [0.3, 0.4) is 0 Å². The largest absolute Gasteiger partial charge is 0.490 e. The van der Waals surface area contributed by atoms with Crippen molar-refractivity contribution < 1.29 is 19.0 Å². The first-order chi connectivity index (χ1) is 16.6. The topological polar surface area (TPSA) is 94.1 Å². The summed E-state index contributed by atoms with van der Waals surface area (Å²) in [6.45, 7) is 7.28. The molecule has 1 aromatic heterocycles. The molecule has 0 radical (unpaired) electrons. The summed E-state index contributed by atoms with van der Waals surface area (Å²) in [6, 6.07) is 16.6. The Hall–Kier alpha value is -4.07. The second-order valence-corrected chi connectivity index (χ2v) is 7.07. The maximum Gasteiger partial charge on any atom is 0.258 e. The Morgan fingerprint density at radius 1 is 0.882 bits per heavy atom. The fourth-order valence-corrected chi connectivity index (χ4v) is 3.13. The molecule has 1 heterocycles. The lowest BCUT2D eigenvalue weighted by Crippen LogP contribution is -2.36. The van der Waals surface area contributed by atoms with Crippen LogP contribution in [0.4, 0.5) is 5.69 Å². The zero-order valence-electron chi connectivity index (χ0n) is 19.7. The summed E-state index contributed by atoms with van der Waals surface area (Å²) in [5.74, 6) is 1.34. The number of pyridine rings is 1. The van der Waals surface area contributed by atoms with E-state index in [1.54, 1.807) is 24.5 Å². The molecule has 0 saturated heterocycles. The van der Waals surface area contributed by atoms with Crippen LogP contribution in [0.25, 0.3) is 0 Å². The van der Waals surface area contributed by atoms with Crippen LogP contribution in [-0.2, 0) is 6.54 Å². The number of hydrogen-bond donors (Lipinski definition) is 2. The molecule has 1 amide bonds. The Bertz CT molecular complexity index is 1060. The van der Waals surface area contributed by atoms with Gasteiger partial charge in [-0.1, -0.05) is 18.2 Å². The van der Waals surface area contributed by atoms with Crippen molar-refractivity contribution in [3.63, 3.8) is 0 Å². The Kier molecular flexibility index (Phi) is 9.28. The lowest BCUT2D eigenvalue weighted by atomic mass is 10.1. The van der Waals surface area contributed by atoms with Crippen LogP contribution >= 0.6 is 0 Å². The third kappa shape index (κ3) is 6.96. The highest BCUT2D eigenvalue weighted by molar-refractivity contribution is 6.10. The number of aromatic nitrogens is 1. The quantitative estimate of drug-likeness (QED) is 0.336. The number of benzene rings is 2. The summed E-state index contributed by atoms with van der Waals surface area (Å²) in [7, 11) is 0. The van der Waals surface area contributed by atoms with Gasteiger partial charge in [0.2, 0.25) is 11.7 Å². The van der Waals surface area contributed by atoms with Crippen molar-refractivity contribution in [2.45, 2.75) is 27.3 Å². The molecule has 0 saturated carbocycles. The van der Waals surface area contributed by atoms with Crippen molar-refractivity contribution in [2.24, 2.45) is 4.99 Å². The molecule has 3 rings (SSSR count). The van der Waals surface area contributed by atoms with Crippen LogP contribution in [0, 0.1) is 0 Å². The van der Waals surface area contributed by atoms with Crippen LogP contribution in [0.5, 0.6) is 17.2 Å². The van der Waals surface area contributed by atoms with Crippen molar-refractivity contribution in [1.29, 1.82) is 0 Å². The molecule has 0 aliphatic heterocycles. The number of nitrogens with zero attached hydrogens (tertiary/aromatic N) is 2. The number of anilines is 1. The molecule has 2 aromatic carbocycles. The second kappa shape index (κ2) is 12.8. The zero-order chi connectivity index (χ0) is 24.2. The van der Waals surface area contributed by atoms with Crippen molar-refractivity contribution in [1.82, 2.24) is 10.3 Å². The van der Waals surface area contributed by atoms with Gasteiger partial charge in [-0.2, -0.15) is 0 Å². The van der Waals surface area contributed by atoms with E-state index in [2.05, 4.69) is 20.6 Å². The predicted octanol–water partition coefficient (Wildman–Crippen LogP) is 4.68. The number of carbonyl (C=O) groups excluding carboxylic acids is 1. The second-order valence-electron chi connectivity index (χ2n) is 7.07. The number of amides is 1. The summed E-state index contributed by atoms with van der Waals surface area (Å²) >= 11 is 0. The summed E-state index contributed by atoms with van der Waals surface area (Å²) < 4.78 is 17.2. The molecule has 0 aliphatic rings. The summed E-state index contributed by atoms with van der Waals surface area (Å²) in [5.41, 5.74) is 2.13. The Balaban J connectivity index is 1.89. The monoisotopic (exact) mass is 462 g/mol. The van der Waals surface area contributed by atoms with Crippen LogP contribution in [0.1, 0.15) is 36.7 Å². The van der Waals surface area contributed by atoms with Crippen LogP contribution in [0.15, 0.2) is 72.0 Å². The fourth-order valence-electron chi connectivity index (χ4n) is 3.13. The molecule has 0 fully saturated rings. The van der Waals surface area contributed by atoms with Gasteiger partial charge in [0.1, 0.15) is 0 Å². The van der Waals surface area contributed by atoms with E-state index in [0.717, 1.165) is 11.3 Å². The van der Waals surface area contributed by atoms with Gasteiger partial charge < -0.3 is 19.5 Å². The minimum atomic E-state index is -0.359. The van der Waals surface area contributed by atoms with E-state index in [9.17, 15) is 4.79 Å². The van der Waals surface area contributed by atoms with Crippen molar-refractivity contribution in [3.05, 3.63) is 78.1 Å². The van der Waals surface area contributed by atoms with Gasteiger partial charge in [-0.3, -0.25) is 15.1 Å². The summed E-state index contributed by atoms with van der Waals surface area (Å²) in [4.78, 5) is 21.9. The number of nitrogens with one attached hydrogen (secondary N) is 2. The van der Waals surface area contributed by atoms with Gasteiger partial charge in [0.25, 0.3) is 5.91 Å². The van der Waals surface area contributed by atoms with E-state index in [0.29, 0.717) is 55.1 Å². The standard InChI is InChI=1S/C26H30N4O4/c1-4-32-22-16-20(17-23(33-5-2)24(22)34-6-3)25(31)30-26(29-21-10-8-7-9-11-21)28-18-19-12-14-27-15-13-19/h7-17H,4-6,18H2,1-3H3,(H2,28,29,30,31). The molecule has 3 aromatic rings. The van der Waals surface area contributed by atoms with Gasteiger partial charge in [-0.15, -0.1) is 0 Å². The lowest BCUT2D eigenvalue weighted by Gasteiger charge is -2.17. The van der Waals surface area contributed by atoms with Crippen molar-refractivity contribution >= 4 is 17.6 Å². The van der Waals surface area contributed by atoms with Gasteiger partial charge in [0, 0.05) is 23.6 Å². The smallest absolute Gasteiger partial charge is 0.258 e. The first-order valence-electron chi connectivity index (χ1n) is 11.3. The molecule has 8 nitrogen and oxygen atoms in total. The van der Waals surface area contributed by atoms with Crippen LogP contribution in [-0.4, -0.2) is 36.7 Å². The van der Waals surface area contributed by atoms with E-state index >= 15 is 0 Å². The molecule has 0 bridgehead atoms. The van der Waals surface area contributed by atoms with Crippen LogP contribution in [0.2, 0.25) is 0 Å². The zero-order valence-corrected chi connectivity index (χ0v) is 19.7. The number of rotatable bonds is 10. The number of para-hydroxylation sites is 1. The van der Waals surface area contributed by atoms with E-state index in [-0.39, 0.29) is 5.91 Å². The molecule has 34 heavy (non-hydrogen) atoms. The number of hydrogen-bond acceptors (Lipinski definition) is 6. The van der Waals surface area contributed by atoms with E-state index < -0.39 is 0 Å². The highest BCUT2D eigenvalue weighted by atomic mass is 16.5. The Morgan fingerprint density at radius 3 is 2.09 bits per heavy atom. The number of carbonyl (C=O) groups is 1. The Labute approximate surface area is 200 Å². The summed E-state index contributed by atoms with van der Waals surface area (Å²) in [6.07, 6.45) is 3.41. The minimum Gasteiger partial charge on any atom is -0.490 e. The minimum absolute atomic E-state index is 0.317. The van der Waals surface area contributed by atoms with E-state index in [1.165, 1.54) is 0 Å². The third-order valence-electron chi connectivity index (χ3n) is 4.61. The number of ether oxygens (including phenoxy) is 3. The normalized spacial score (nSPS) is 11.0. The molecule has 178 valence electrons. The van der Waals surface area contributed by atoms with Crippen molar-refractivity contribution in [3.8, 4) is 17.2 Å². The molecule has 0 aliphatic carbocycles. The Morgan fingerprint density at radius 2 is 1.50 bits per heavy atom. The van der Waals surface area contributed by atoms with Gasteiger partial charge in [0.15, 0.2) is 11.5 Å². The van der Waals surface area contributed by atoms with E-state index in [4.69, 9.17) is 14.2 Å². The maximum absolute atomic E-state index is 13.2. The van der Waals surface area contributed by atoms with E-state index in [1.807, 2.05) is 63.2 Å². The molecule has 0 atom stereocenters. The molecule has 8 heteroatoms. The van der Waals surface area contributed by atoms with Gasteiger partial charge >= 0.3 is 0 Å². The molecule has 0 spiro atoms. The average Bonchev–Trinajstić information content (AvgIpc) is 2.86. The first kappa shape index (κ1) is 24.6. The third-order valence-corrected chi connectivity index (χ3v) is 4.61. The average molecular weight is 463 g/mol. The fraction of sp³-hybridized carbons (Fsp3) is 0.269. The SMILES string of the molecule is CCOc1cc(C(=O)NC(=NCc2ccncc2)Nc2ccccc2)cc(OCC)c1OCC. The van der Waals surface area contributed by atoms with Gasteiger partial charge in [-0.25, -0.2) is 4.99 Å². The van der Waals surface area contributed by atoms with Gasteiger partial charge in [-0.05, 0) is 62.7 Å². The predicted molar refractivity (Wildman–Crippen MR) is 133 cm³/mol. The molecular formula is C26H30N4O4. The highest BCUT2D eigenvalue weighted by Crippen LogP contribution is 2.39. The van der Waals surface area contributed by atoms with Crippen molar-refractivity contribution in [2.75, 3.05) is 25.1 Å². The van der Waals surface area contributed by atoms with Gasteiger partial charge in [0.05, 0.1) is 26.4 Å². The lowest BCUT2D eigenvalue weighted by molar-refractivity contribution is 0.0975.